The van der Waals surface area contributed by atoms with Gasteiger partial charge in [-0.05, 0) is 73.3 Å². The van der Waals surface area contributed by atoms with Gasteiger partial charge in [-0.3, -0.25) is 9.30 Å². The fourth-order valence-corrected chi connectivity index (χ4v) is 7.90. The molecule has 1 aliphatic heterocycles. The van der Waals surface area contributed by atoms with Gasteiger partial charge in [-0.15, -0.1) is 10.2 Å². The van der Waals surface area contributed by atoms with E-state index in [2.05, 4.69) is 14.9 Å². The Hall–Kier alpha value is -2.98. The number of piperazine rings is 1. The van der Waals surface area contributed by atoms with Gasteiger partial charge in [0.15, 0.2) is 10.7 Å². The monoisotopic (exact) mass is 655 g/mol. The fourth-order valence-electron chi connectivity index (χ4n) is 5.65. The number of carbonyl (C=O) groups is 1. The molecule has 240 valence electrons. The van der Waals surface area contributed by atoms with Gasteiger partial charge in [-0.1, -0.05) is 11.3 Å². The Morgan fingerprint density at radius 1 is 1.11 bits per heavy atom. The lowest BCUT2D eigenvalue weighted by molar-refractivity contribution is -0.138. The third-order valence-electron chi connectivity index (χ3n) is 8.09. The van der Waals surface area contributed by atoms with Crippen molar-refractivity contribution in [3.8, 4) is 10.7 Å². The van der Waals surface area contributed by atoms with Gasteiger partial charge in [0.1, 0.15) is 16.2 Å². The highest BCUT2D eigenvalue weighted by atomic mass is 32.2. The van der Waals surface area contributed by atoms with Gasteiger partial charge >= 0.3 is 12.3 Å². The lowest BCUT2D eigenvalue weighted by Gasteiger charge is -2.45. The summed E-state index contributed by atoms with van der Waals surface area (Å²) in [5.41, 5.74) is 0.586. The molecule has 1 N–H and O–H groups in total. The number of rotatable bonds is 6. The minimum atomic E-state index is -4.67. The SMILES string of the molecule is C[C@H]1CN(c2cc(S(=O)(=O)NC3(C)CC3)cn3c(-c4nnc(C(F)(F)F)s4)c(C4CC4)nc23)C[C@H](C)N1C(=O)OC(C)(C)C. The lowest BCUT2D eigenvalue weighted by Crippen LogP contribution is -2.59. The molecule has 11 nitrogen and oxygen atoms in total. The Morgan fingerprint density at radius 2 is 1.75 bits per heavy atom. The molecule has 2 atom stereocenters. The first-order valence-electron chi connectivity index (χ1n) is 14.6. The molecule has 3 aromatic rings. The van der Waals surface area contributed by atoms with E-state index in [0.29, 0.717) is 60.0 Å². The molecular formula is C28H36F3N7O4S2. The lowest BCUT2D eigenvalue weighted by atomic mass is 10.1. The molecule has 3 fully saturated rings. The maximum absolute atomic E-state index is 13.7. The van der Waals surface area contributed by atoms with E-state index in [9.17, 15) is 26.4 Å². The quantitative estimate of drug-likeness (QED) is 0.374. The van der Waals surface area contributed by atoms with Gasteiger partial charge in [-0.2, -0.15) is 13.2 Å². The van der Waals surface area contributed by atoms with Gasteiger partial charge < -0.3 is 9.64 Å². The molecule has 0 unspecified atom stereocenters. The Bertz CT molecular complexity index is 1710. The molecule has 44 heavy (non-hydrogen) atoms. The molecule has 4 heterocycles. The van der Waals surface area contributed by atoms with Crippen LogP contribution in [0.2, 0.25) is 0 Å². The van der Waals surface area contributed by atoms with Crippen LogP contribution in [0.4, 0.5) is 23.7 Å². The van der Waals surface area contributed by atoms with Gasteiger partial charge in [0.25, 0.3) is 0 Å². The number of nitrogens with zero attached hydrogens (tertiary/aromatic N) is 6. The summed E-state index contributed by atoms with van der Waals surface area (Å²) in [6, 6.07) is 0.972. The summed E-state index contributed by atoms with van der Waals surface area (Å²) >= 11 is 0.410. The van der Waals surface area contributed by atoms with Crippen molar-refractivity contribution in [2.45, 2.75) is 107 Å². The standard InChI is InChI=1S/C28H36F3N7O4S2/c1-15-12-36(13-16(2)38(15)25(39)42-26(3,4)5)19-11-18(44(40,41)35-27(6)9-10-27)14-37-21(20(17-7-8-17)32-22(19)37)23-33-34-24(43-23)28(29,30)31/h11,14-17,35H,7-10,12-13H2,1-6H3/t15-,16-/m0/s1. The van der Waals surface area contributed by atoms with Crippen molar-refractivity contribution in [3.63, 3.8) is 0 Å². The van der Waals surface area contributed by atoms with Gasteiger partial charge in [0.2, 0.25) is 15.0 Å². The summed E-state index contributed by atoms with van der Waals surface area (Å²) in [4.78, 5) is 21.6. The van der Waals surface area contributed by atoms with Crippen LogP contribution in [-0.2, 0) is 20.9 Å². The van der Waals surface area contributed by atoms with Crippen LogP contribution in [0.15, 0.2) is 17.2 Å². The first kappa shape index (κ1) is 31.0. The van der Waals surface area contributed by atoms with Crippen molar-refractivity contribution in [2.75, 3.05) is 18.0 Å². The topological polar surface area (TPSA) is 122 Å². The minimum absolute atomic E-state index is 0.0152. The average molecular weight is 656 g/mol. The highest BCUT2D eigenvalue weighted by Crippen LogP contribution is 2.47. The fraction of sp³-hybridized carbons (Fsp3) is 0.643. The number of halogens is 3. The van der Waals surface area contributed by atoms with E-state index in [1.807, 2.05) is 25.7 Å². The maximum atomic E-state index is 13.7. The number of pyridine rings is 1. The molecule has 16 heteroatoms. The van der Waals surface area contributed by atoms with E-state index in [1.165, 1.54) is 6.20 Å². The number of imidazole rings is 1. The van der Waals surface area contributed by atoms with Crippen LogP contribution in [0.5, 0.6) is 0 Å². The van der Waals surface area contributed by atoms with Crippen molar-refractivity contribution < 1.29 is 31.1 Å². The summed E-state index contributed by atoms with van der Waals surface area (Å²) in [6.45, 7) is 11.7. The Morgan fingerprint density at radius 3 is 2.27 bits per heavy atom. The van der Waals surface area contributed by atoms with E-state index in [-0.39, 0.29) is 27.9 Å². The summed E-state index contributed by atoms with van der Waals surface area (Å²) in [7, 11) is -4.01. The zero-order chi connectivity index (χ0) is 32.0. The van der Waals surface area contributed by atoms with Crippen molar-refractivity contribution in [3.05, 3.63) is 23.0 Å². The second-order valence-corrected chi connectivity index (χ2v) is 16.1. The highest BCUT2D eigenvalue weighted by Gasteiger charge is 2.43. The Balaban J connectivity index is 1.49. The molecule has 1 amide bonds. The van der Waals surface area contributed by atoms with Crippen molar-refractivity contribution in [1.29, 1.82) is 0 Å². The number of fused-ring (bicyclic) bond motifs is 1. The smallest absolute Gasteiger partial charge is 0.444 e. The van der Waals surface area contributed by atoms with Crippen LogP contribution in [0.1, 0.15) is 83.8 Å². The molecule has 3 aliphatic rings. The average Bonchev–Trinajstić information content (AvgIpc) is 3.75. The summed E-state index contributed by atoms with van der Waals surface area (Å²) in [5, 5.41) is 6.21. The number of anilines is 1. The van der Waals surface area contributed by atoms with Gasteiger partial charge in [0, 0.05) is 30.7 Å². The van der Waals surface area contributed by atoms with Crippen molar-refractivity contribution in [1.82, 2.24) is 29.2 Å². The molecule has 2 aliphatic carbocycles. The number of aromatic nitrogens is 4. The zero-order valence-electron chi connectivity index (χ0n) is 25.4. The van der Waals surface area contributed by atoms with E-state index >= 15 is 0 Å². The second kappa shape index (κ2) is 10.3. The number of amides is 1. The van der Waals surface area contributed by atoms with Crippen LogP contribution in [-0.4, -0.2) is 75.3 Å². The summed E-state index contributed by atoms with van der Waals surface area (Å²) in [5.74, 6) is 0.0152. The third kappa shape index (κ3) is 5.99. The molecule has 3 aromatic heterocycles. The number of alkyl halides is 3. The van der Waals surface area contributed by atoms with Crippen LogP contribution in [0.25, 0.3) is 16.3 Å². The van der Waals surface area contributed by atoms with Crippen LogP contribution < -0.4 is 9.62 Å². The van der Waals surface area contributed by atoms with Crippen molar-refractivity contribution >= 4 is 38.8 Å². The first-order chi connectivity index (χ1) is 20.4. The normalized spacial score (nSPS) is 22.5. The largest absolute Gasteiger partial charge is 0.445 e. The summed E-state index contributed by atoms with van der Waals surface area (Å²) in [6.07, 6.45) is -0.655. The van der Waals surface area contributed by atoms with Crippen LogP contribution >= 0.6 is 11.3 Å². The molecule has 0 aromatic carbocycles. The van der Waals surface area contributed by atoms with Crippen LogP contribution in [0, 0.1) is 0 Å². The number of hydrogen-bond acceptors (Lipinski definition) is 9. The Labute approximate surface area is 257 Å². The number of nitrogens with one attached hydrogen (secondary N) is 1. The number of carbonyl (C=O) groups excluding carboxylic acids is 1. The summed E-state index contributed by atoms with van der Waals surface area (Å²) < 4.78 is 78.0. The maximum Gasteiger partial charge on any atom is 0.445 e. The molecule has 1 saturated heterocycles. The number of hydrogen-bond donors (Lipinski definition) is 1. The molecule has 0 bridgehead atoms. The van der Waals surface area contributed by atoms with Gasteiger partial charge in [0.05, 0.1) is 23.5 Å². The van der Waals surface area contributed by atoms with E-state index < -0.39 is 38.4 Å². The molecule has 0 radical (unpaired) electrons. The molecular weight excluding hydrogens is 619 g/mol. The van der Waals surface area contributed by atoms with E-state index in [1.54, 1.807) is 36.1 Å². The second-order valence-electron chi connectivity index (χ2n) is 13.4. The third-order valence-corrected chi connectivity index (χ3v) is 10.7. The van der Waals surface area contributed by atoms with Crippen LogP contribution in [0.3, 0.4) is 0 Å². The highest BCUT2D eigenvalue weighted by molar-refractivity contribution is 7.89. The number of ether oxygens (including phenoxy) is 1. The first-order valence-corrected chi connectivity index (χ1v) is 16.9. The number of sulfonamides is 1. The molecule has 0 spiro atoms. The van der Waals surface area contributed by atoms with E-state index in [4.69, 9.17) is 9.72 Å². The minimum Gasteiger partial charge on any atom is -0.444 e. The molecule has 6 rings (SSSR count). The molecule has 2 saturated carbocycles. The van der Waals surface area contributed by atoms with Gasteiger partial charge in [-0.25, -0.2) is 22.9 Å². The van der Waals surface area contributed by atoms with E-state index in [0.717, 1.165) is 12.8 Å². The van der Waals surface area contributed by atoms with Crippen molar-refractivity contribution in [2.24, 2.45) is 0 Å². The zero-order valence-corrected chi connectivity index (χ0v) is 27.0. The Kier molecular flexibility index (Phi) is 7.24. The predicted octanol–water partition coefficient (Wildman–Crippen LogP) is 5.41. The predicted molar refractivity (Wildman–Crippen MR) is 158 cm³/mol.